The summed E-state index contributed by atoms with van der Waals surface area (Å²) in [6.07, 6.45) is 0. The van der Waals surface area contributed by atoms with Gasteiger partial charge in [-0.15, -0.1) is 0 Å². The van der Waals surface area contributed by atoms with Crippen LogP contribution < -0.4 is 4.74 Å². The van der Waals surface area contributed by atoms with Crippen molar-refractivity contribution in [3.8, 4) is 16.9 Å². The van der Waals surface area contributed by atoms with Gasteiger partial charge in [-0.25, -0.2) is 4.39 Å². The number of hydrogen-bond acceptors (Lipinski definition) is 1. The minimum atomic E-state index is -3.05. The molecule has 2 aromatic carbocycles. The molecule has 7 heteroatoms. The van der Waals surface area contributed by atoms with E-state index in [1.54, 1.807) is 0 Å². The predicted molar refractivity (Wildman–Crippen MR) is 73.5 cm³/mol. The molecule has 0 aliphatic rings. The molecular weight excluding hydrogens is 335 g/mol. The predicted octanol–water partition coefficient (Wildman–Crippen LogP) is 6.05. The zero-order valence-electron chi connectivity index (χ0n) is 9.64. The molecule has 2 rings (SSSR count). The quantitative estimate of drug-likeness (QED) is 0.617. The summed E-state index contributed by atoms with van der Waals surface area (Å²) in [6, 6.07) is 6.20. The molecule has 0 aliphatic carbocycles. The maximum Gasteiger partial charge on any atom is 0.387 e. The summed E-state index contributed by atoms with van der Waals surface area (Å²) >= 11 is 17.7. The maximum atomic E-state index is 13.4. The summed E-state index contributed by atoms with van der Waals surface area (Å²) in [5.74, 6) is -1.04. The Morgan fingerprint density at radius 3 is 2.30 bits per heavy atom. The Labute approximate surface area is 127 Å². The first-order chi connectivity index (χ1) is 9.38. The van der Waals surface area contributed by atoms with E-state index in [4.69, 9.17) is 34.8 Å². The van der Waals surface area contributed by atoms with Crippen molar-refractivity contribution in [1.29, 1.82) is 0 Å². The van der Waals surface area contributed by atoms with Crippen LogP contribution in [0.4, 0.5) is 13.2 Å². The van der Waals surface area contributed by atoms with Crippen molar-refractivity contribution in [1.82, 2.24) is 0 Å². The minimum absolute atomic E-state index is 0.103. The van der Waals surface area contributed by atoms with E-state index < -0.39 is 12.4 Å². The molecule has 0 spiro atoms. The fraction of sp³-hybridized carbons (Fsp3) is 0.0769. The summed E-state index contributed by atoms with van der Waals surface area (Å²) in [4.78, 5) is 0. The molecule has 0 heterocycles. The molecule has 0 fully saturated rings. The van der Waals surface area contributed by atoms with Crippen LogP contribution in [0.1, 0.15) is 0 Å². The highest BCUT2D eigenvalue weighted by molar-refractivity contribution is 6.49. The third kappa shape index (κ3) is 3.32. The van der Waals surface area contributed by atoms with Crippen LogP contribution >= 0.6 is 34.8 Å². The first-order valence-electron chi connectivity index (χ1n) is 5.27. The molecule has 0 radical (unpaired) electrons. The lowest BCUT2D eigenvalue weighted by atomic mass is 10.1. The molecule has 0 unspecified atom stereocenters. The van der Waals surface area contributed by atoms with Gasteiger partial charge in [0.25, 0.3) is 0 Å². The van der Waals surface area contributed by atoms with Crippen molar-refractivity contribution in [2.75, 3.05) is 0 Å². The Hall–Kier alpha value is -1.10. The van der Waals surface area contributed by atoms with Crippen molar-refractivity contribution in [2.24, 2.45) is 0 Å². The van der Waals surface area contributed by atoms with Gasteiger partial charge in [0, 0.05) is 11.6 Å². The number of halogens is 6. The molecule has 1 nitrogen and oxygen atoms in total. The SMILES string of the molecule is Fc1cc(OC(F)F)cc(-c2ccc(Cl)c(Cl)c2Cl)c1. The van der Waals surface area contributed by atoms with Crippen molar-refractivity contribution in [3.05, 3.63) is 51.2 Å². The van der Waals surface area contributed by atoms with Crippen molar-refractivity contribution < 1.29 is 17.9 Å². The van der Waals surface area contributed by atoms with Crippen LogP contribution in [-0.4, -0.2) is 6.61 Å². The monoisotopic (exact) mass is 340 g/mol. The molecule has 2 aromatic rings. The van der Waals surface area contributed by atoms with Crippen molar-refractivity contribution >= 4 is 34.8 Å². The van der Waals surface area contributed by atoms with Crippen LogP contribution in [0.5, 0.6) is 5.75 Å². The van der Waals surface area contributed by atoms with E-state index in [-0.39, 0.29) is 26.4 Å². The van der Waals surface area contributed by atoms with Gasteiger partial charge in [0.15, 0.2) is 0 Å². The zero-order chi connectivity index (χ0) is 14.9. The number of rotatable bonds is 3. The average Bonchev–Trinajstić information content (AvgIpc) is 2.34. The molecule has 106 valence electrons. The third-order valence-electron chi connectivity index (χ3n) is 2.44. The highest BCUT2D eigenvalue weighted by atomic mass is 35.5. The lowest BCUT2D eigenvalue weighted by molar-refractivity contribution is -0.0499. The Kier molecular flexibility index (Phi) is 4.68. The average molecular weight is 342 g/mol. The van der Waals surface area contributed by atoms with Gasteiger partial charge in [-0.2, -0.15) is 8.78 Å². The fourth-order valence-corrected chi connectivity index (χ4v) is 2.28. The summed E-state index contributed by atoms with van der Waals surface area (Å²) in [5.41, 5.74) is 0.615. The molecule has 0 N–H and O–H groups in total. The molecule has 0 aliphatic heterocycles. The van der Waals surface area contributed by atoms with E-state index in [9.17, 15) is 13.2 Å². The first-order valence-corrected chi connectivity index (χ1v) is 6.41. The molecule has 0 atom stereocenters. The zero-order valence-corrected chi connectivity index (χ0v) is 11.9. The van der Waals surface area contributed by atoms with Gasteiger partial charge in [0.05, 0.1) is 15.1 Å². The number of alkyl halides is 2. The fourth-order valence-electron chi connectivity index (χ4n) is 1.64. The third-order valence-corrected chi connectivity index (χ3v) is 3.74. The van der Waals surface area contributed by atoms with E-state index in [1.165, 1.54) is 18.2 Å². The van der Waals surface area contributed by atoms with Gasteiger partial charge >= 0.3 is 6.61 Å². The lowest BCUT2D eigenvalue weighted by Crippen LogP contribution is -2.02. The summed E-state index contributed by atoms with van der Waals surface area (Å²) in [6.45, 7) is -3.05. The second-order valence-electron chi connectivity index (χ2n) is 3.78. The van der Waals surface area contributed by atoms with E-state index >= 15 is 0 Å². The molecule has 20 heavy (non-hydrogen) atoms. The molecular formula is C13H6Cl3F3O. The Morgan fingerprint density at radius 2 is 1.65 bits per heavy atom. The van der Waals surface area contributed by atoms with E-state index in [1.807, 2.05) is 0 Å². The first kappa shape index (κ1) is 15.3. The molecule has 0 amide bonds. The number of hydrogen-bond donors (Lipinski definition) is 0. The number of ether oxygens (including phenoxy) is 1. The Balaban J connectivity index is 2.53. The highest BCUT2D eigenvalue weighted by Gasteiger charge is 2.13. The van der Waals surface area contributed by atoms with E-state index in [0.717, 1.165) is 12.1 Å². The minimum Gasteiger partial charge on any atom is -0.435 e. The summed E-state index contributed by atoms with van der Waals surface area (Å²) < 4.78 is 42.0. The lowest BCUT2D eigenvalue weighted by Gasteiger charge is -2.10. The summed E-state index contributed by atoms with van der Waals surface area (Å²) in [7, 11) is 0. The molecule has 0 saturated carbocycles. The van der Waals surface area contributed by atoms with E-state index in [2.05, 4.69) is 4.74 Å². The van der Waals surface area contributed by atoms with Crippen molar-refractivity contribution in [3.63, 3.8) is 0 Å². The van der Waals surface area contributed by atoms with Gasteiger partial charge < -0.3 is 4.74 Å². The van der Waals surface area contributed by atoms with Crippen LogP contribution in [0, 0.1) is 5.82 Å². The molecule has 0 aromatic heterocycles. The van der Waals surface area contributed by atoms with Crippen molar-refractivity contribution in [2.45, 2.75) is 6.61 Å². The van der Waals surface area contributed by atoms with Gasteiger partial charge in [0.1, 0.15) is 11.6 Å². The van der Waals surface area contributed by atoms with Gasteiger partial charge in [-0.1, -0.05) is 40.9 Å². The Bertz CT molecular complexity index is 647. The number of benzene rings is 2. The molecule has 0 saturated heterocycles. The van der Waals surface area contributed by atoms with E-state index in [0.29, 0.717) is 5.56 Å². The second kappa shape index (κ2) is 6.12. The van der Waals surface area contributed by atoms with Crippen LogP contribution in [0.25, 0.3) is 11.1 Å². The second-order valence-corrected chi connectivity index (χ2v) is 4.94. The van der Waals surface area contributed by atoms with Crippen LogP contribution in [0.3, 0.4) is 0 Å². The molecule has 0 bridgehead atoms. The normalized spacial score (nSPS) is 10.9. The maximum absolute atomic E-state index is 13.4. The Morgan fingerprint density at radius 1 is 0.950 bits per heavy atom. The van der Waals surface area contributed by atoms with Gasteiger partial charge in [-0.3, -0.25) is 0 Å². The van der Waals surface area contributed by atoms with Gasteiger partial charge in [-0.05, 0) is 23.8 Å². The van der Waals surface area contributed by atoms with Crippen LogP contribution in [0.15, 0.2) is 30.3 Å². The van der Waals surface area contributed by atoms with Crippen LogP contribution in [0.2, 0.25) is 15.1 Å². The highest BCUT2D eigenvalue weighted by Crippen LogP contribution is 2.39. The standard InChI is InChI=1S/C13H6Cl3F3O/c14-10-2-1-9(11(15)12(10)16)6-3-7(17)5-8(4-6)20-13(18)19/h1-5,13H. The smallest absolute Gasteiger partial charge is 0.387 e. The topological polar surface area (TPSA) is 9.23 Å². The van der Waals surface area contributed by atoms with Crippen LogP contribution in [-0.2, 0) is 0 Å². The largest absolute Gasteiger partial charge is 0.435 e. The summed E-state index contributed by atoms with van der Waals surface area (Å²) in [5, 5.41) is 0.444. The van der Waals surface area contributed by atoms with Gasteiger partial charge in [0.2, 0.25) is 0 Å².